The first kappa shape index (κ1) is 14.1. The van der Waals surface area contributed by atoms with E-state index in [1.165, 1.54) is 0 Å². The Bertz CT molecular complexity index is 549. The number of nitrogens with zero attached hydrogens (tertiary/aromatic N) is 2. The quantitative estimate of drug-likeness (QED) is 0.779. The van der Waals surface area contributed by atoms with Gasteiger partial charge in [0.25, 0.3) is 0 Å². The van der Waals surface area contributed by atoms with Gasteiger partial charge in [-0.3, -0.25) is 0 Å². The van der Waals surface area contributed by atoms with Gasteiger partial charge in [-0.1, -0.05) is 6.07 Å². The number of halogens is 2. The molecule has 0 fully saturated rings. The highest BCUT2D eigenvalue weighted by Gasteiger charge is 2.04. The largest absolute Gasteiger partial charge is 0.486 e. The fraction of sp³-hybridized carbons (Fsp3) is 0.231. The van der Waals surface area contributed by atoms with Crippen molar-refractivity contribution in [2.75, 3.05) is 7.11 Å². The van der Waals surface area contributed by atoms with Gasteiger partial charge in [-0.15, -0.1) is 21.8 Å². The van der Waals surface area contributed by atoms with Crippen LogP contribution in [0.15, 0.2) is 34.8 Å². The molecule has 4 nitrogen and oxygen atoms in total. The summed E-state index contributed by atoms with van der Waals surface area (Å²) in [5.41, 5.74) is 1.76. The Hall–Kier alpha value is -1.33. The first-order valence-corrected chi connectivity index (χ1v) is 6.89. The van der Waals surface area contributed by atoms with E-state index in [4.69, 9.17) is 21.1 Å². The molecule has 0 saturated carbocycles. The molecule has 0 aliphatic carbocycles. The van der Waals surface area contributed by atoms with Crippen LogP contribution in [0.3, 0.4) is 0 Å². The summed E-state index contributed by atoms with van der Waals surface area (Å²) in [6, 6.07) is 9.29. The first-order chi connectivity index (χ1) is 9.22. The molecule has 0 aliphatic heterocycles. The number of alkyl halides is 1. The molecule has 0 atom stereocenters. The van der Waals surface area contributed by atoms with Gasteiger partial charge in [-0.05, 0) is 39.7 Å². The van der Waals surface area contributed by atoms with Crippen molar-refractivity contribution in [1.82, 2.24) is 10.2 Å². The van der Waals surface area contributed by atoms with Crippen molar-refractivity contribution in [2.45, 2.75) is 12.5 Å². The van der Waals surface area contributed by atoms with E-state index in [2.05, 4.69) is 26.1 Å². The Labute approximate surface area is 124 Å². The van der Waals surface area contributed by atoms with E-state index in [1.807, 2.05) is 24.3 Å². The third kappa shape index (κ3) is 3.81. The molecule has 1 heterocycles. The lowest BCUT2D eigenvalue weighted by Gasteiger charge is -2.08. The van der Waals surface area contributed by atoms with Crippen LogP contribution in [0.2, 0.25) is 0 Å². The maximum Gasteiger partial charge on any atom is 0.233 e. The minimum Gasteiger partial charge on any atom is -0.486 e. The maximum absolute atomic E-state index is 5.76. The third-order valence-corrected chi connectivity index (χ3v) is 3.36. The lowest BCUT2D eigenvalue weighted by molar-refractivity contribution is 0.296. The number of hydrogen-bond donors (Lipinski definition) is 0. The topological polar surface area (TPSA) is 44.2 Å². The van der Waals surface area contributed by atoms with E-state index in [0.29, 0.717) is 18.4 Å². The van der Waals surface area contributed by atoms with Crippen LogP contribution >= 0.6 is 27.5 Å². The zero-order valence-corrected chi connectivity index (χ0v) is 12.6. The highest BCUT2D eigenvalue weighted by Crippen LogP contribution is 2.27. The molecule has 0 saturated heterocycles. The molecule has 2 rings (SSSR count). The van der Waals surface area contributed by atoms with Gasteiger partial charge in [0.2, 0.25) is 5.88 Å². The number of rotatable bonds is 5. The third-order valence-electron chi connectivity index (χ3n) is 2.43. The second-order valence-electron chi connectivity index (χ2n) is 3.75. The van der Waals surface area contributed by atoms with Crippen LogP contribution in [0, 0.1) is 0 Å². The summed E-state index contributed by atoms with van der Waals surface area (Å²) in [4.78, 5) is 0. The summed E-state index contributed by atoms with van der Waals surface area (Å²) in [7, 11) is 1.55. The molecule has 19 heavy (non-hydrogen) atoms. The molecule has 6 heteroatoms. The SMILES string of the molecule is COc1ccc(COc2ccc(CCl)cc2Br)nn1. The standard InChI is InChI=1S/C13H12BrClN2O2/c1-18-13-5-3-10(16-17-13)8-19-12-4-2-9(7-15)6-11(12)14/h2-6H,7-8H2,1H3. The molecule has 0 aliphatic rings. The number of ether oxygens (including phenoxy) is 2. The van der Waals surface area contributed by atoms with Gasteiger partial charge in [-0.2, -0.15) is 0 Å². The van der Waals surface area contributed by atoms with Crippen LogP contribution in [-0.2, 0) is 12.5 Å². The summed E-state index contributed by atoms with van der Waals surface area (Å²) in [5, 5.41) is 7.87. The Balaban J connectivity index is 2.01. The van der Waals surface area contributed by atoms with Crippen LogP contribution in [0.1, 0.15) is 11.3 Å². The van der Waals surface area contributed by atoms with E-state index in [-0.39, 0.29) is 0 Å². The summed E-state index contributed by atoms with van der Waals surface area (Å²) >= 11 is 9.21. The highest BCUT2D eigenvalue weighted by molar-refractivity contribution is 9.10. The zero-order chi connectivity index (χ0) is 13.7. The smallest absolute Gasteiger partial charge is 0.233 e. The average Bonchev–Trinajstić information content (AvgIpc) is 2.46. The van der Waals surface area contributed by atoms with E-state index in [1.54, 1.807) is 13.2 Å². The maximum atomic E-state index is 5.76. The van der Waals surface area contributed by atoms with Crippen LogP contribution in [0.4, 0.5) is 0 Å². The molecule has 0 bridgehead atoms. The van der Waals surface area contributed by atoms with Gasteiger partial charge >= 0.3 is 0 Å². The van der Waals surface area contributed by atoms with Crippen molar-refractivity contribution in [3.8, 4) is 11.6 Å². The van der Waals surface area contributed by atoms with E-state index in [9.17, 15) is 0 Å². The first-order valence-electron chi connectivity index (χ1n) is 5.56. The van der Waals surface area contributed by atoms with E-state index < -0.39 is 0 Å². The lowest BCUT2D eigenvalue weighted by atomic mass is 10.2. The van der Waals surface area contributed by atoms with Gasteiger partial charge in [0.15, 0.2) is 0 Å². The van der Waals surface area contributed by atoms with Crippen molar-refractivity contribution in [2.24, 2.45) is 0 Å². The minimum atomic E-state index is 0.343. The summed E-state index contributed by atoms with van der Waals surface area (Å²) in [5.74, 6) is 1.70. The van der Waals surface area contributed by atoms with Gasteiger partial charge in [0.05, 0.1) is 11.6 Å². The zero-order valence-electron chi connectivity index (χ0n) is 10.3. The molecule has 1 aromatic heterocycles. The molecule has 1 aromatic carbocycles. The Morgan fingerprint density at radius 2 is 2.05 bits per heavy atom. The van der Waals surface area contributed by atoms with Crippen LogP contribution in [0.5, 0.6) is 11.6 Å². The van der Waals surface area contributed by atoms with Crippen LogP contribution in [-0.4, -0.2) is 17.3 Å². The van der Waals surface area contributed by atoms with Gasteiger partial charge in [0, 0.05) is 11.9 Å². The number of aromatic nitrogens is 2. The fourth-order valence-corrected chi connectivity index (χ4v) is 2.14. The predicted octanol–water partition coefficient (Wildman–Crippen LogP) is 3.57. The molecule has 100 valence electrons. The normalized spacial score (nSPS) is 10.3. The highest BCUT2D eigenvalue weighted by atomic mass is 79.9. The molecule has 0 N–H and O–H groups in total. The van der Waals surface area contributed by atoms with Crippen molar-refractivity contribution < 1.29 is 9.47 Å². The molecule has 0 spiro atoms. The Kier molecular flexibility index (Phi) is 4.99. The molecule has 2 aromatic rings. The molecule has 0 amide bonds. The van der Waals surface area contributed by atoms with Crippen molar-refractivity contribution in [3.05, 3.63) is 46.1 Å². The molecule has 0 unspecified atom stereocenters. The second kappa shape index (κ2) is 6.73. The lowest BCUT2D eigenvalue weighted by Crippen LogP contribution is -2.01. The second-order valence-corrected chi connectivity index (χ2v) is 4.88. The van der Waals surface area contributed by atoms with Crippen LogP contribution in [0.25, 0.3) is 0 Å². The van der Waals surface area contributed by atoms with Gasteiger partial charge < -0.3 is 9.47 Å². The number of methoxy groups -OCH3 is 1. The van der Waals surface area contributed by atoms with Gasteiger partial charge in [-0.25, -0.2) is 0 Å². The monoisotopic (exact) mass is 342 g/mol. The summed E-state index contributed by atoms with van der Waals surface area (Å²) in [6.07, 6.45) is 0. The summed E-state index contributed by atoms with van der Waals surface area (Å²) in [6.45, 7) is 0.343. The molecular formula is C13H12BrClN2O2. The van der Waals surface area contributed by atoms with E-state index >= 15 is 0 Å². The van der Waals surface area contributed by atoms with Crippen molar-refractivity contribution in [3.63, 3.8) is 0 Å². The number of hydrogen-bond acceptors (Lipinski definition) is 4. The Morgan fingerprint density at radius 3 is 2.63 bits per heavy atom. The molecule has 0 radical (unpaired) electrons. The predicted molar refractivity (Wildman–Crippen MR) is 76.6 cm³/mol. The van der Waals surface area contributed by atoms with Gasteiger partial charge in [0.1, 0.15) is 18.1 Å². The number of benzene rings is 1. The average molecular weight is 344 g/mol. The molecular weight excluding hydrogens is 332 g/mol. The van der Waals surface area contributed by atoms with Crippen LogP contribution < -0.4 is 9.47 Å². The van der Waals surface area contributed by atoms with Crippen molar-refractivity contribution in [1.29, 1.82) is 0 Å². The Morgan fingerprint density at radius 1 is 1.21 bits per heavy atom. The van der Waals surface area contributed by atoms with E-state index in [0.717, 1.165) is 21.5 Å². The minimum absolute atomic E-state index is 0.343. The summed E-state index contributed by atoms with van der Waals surface area (Å²) < 4.78 is 11.5. The fourth-order valence-electron chi connectivity index (χ4n) is 1.43. The van der Waals surface area contributed by atoms with Crippen molar-refractivity contribution >= 4 is 27.5 Å².